The Kier molecular flexibility index (Phi) is 2.36. The number of alkyl halides is 9. The van der Waals surface area contributed by atoms with Crippen LogP contribution >= 0.6 is 0 Å². The first-order chi connectivity index (χ1) is 6.82. The lowest BCUT2D eigenvalue weighted by atomic mass is 9.81. The maximum atomic E-state index is 12.6. The molecule has 9 heteroatoms. The van der Waals surface area contributed by atoms with Crippen molar-refractivity contribution in [3.05, 3.63) is 12.2 Å². The first-order valence-electron chi connectivity index (χ1n) is 3.66. The van der Waals surface area contributed by atoms with E-state index in [2.05, 4.69) is 0 Å². The maximum absolute atomic E-state index is 12.6. The summed E-state index contributed by atoms with van der Waals surface area (Å²) in [6, 6.07) is 0. The van der Waals surface area contributed by atoms with E-state index in [4.69, 9.17) is 0 Å². The van der Waals surface area contributed by atoms with Crippen molar-refractivity contribution in [2.75, 3.05) is 0 Å². The van der Waals surface area contributed by atoms with Gasteiger partial charge in [0.15, 0.2) is 6.17 Å². The molecule has 0 aromatic carbocycles. The van der Waals surface area contributed by atoms with E-state index < -0.39 is 35.4 Å². The van der Waals surface area contributed by atoms with Gasteiger partial charge in [0.2, 0.25) is 0 Å². The van der Waals surface area contributed by atoms with Crippen molar-refractivity contribution in [1.29, 1.82) is 0 Å². The molecule has 0 bridgehead atoms. The topological polar surface area (TPSA) is 0 Å². The van der Waals surface area contributed by atoms with Crippen molar-refractivity contribution in [1.82, 2.24) is 0 Å². The fourth-order valence-corrected chi connectivity index (χ4v) is 1.15. The molecule has 0 aliphatic heterocycles. The number of halogens is 9. The Morgan fingerprint density at radius 3 is 1.56 bits per heavy atom. The molecule has 1 unspecified atom stereocenters. The van der Waals surface area contributed by atoms with Crippen LogP contribution in [0.15, 0.2) is 12.2 Å². The van der Waals surface area contributed by atoms with Crippen LogP contribution in [0, 0.1) is 0 Å². The zero-order valence-electron chi connectivity index (χ0n) is 7.19. The quantitative estimate of drug-likeness (QED) is 0.461. The largest absolute Gasteiger partial charge is 0.382 e. The molecule has 0 radical (unpaired) electrons. The molecule has 0 aromatic rings. The summed E-state index contributed by atoms with van der Waals surface area (Å²) in [5.41, 5.74) is -2.56. The summed E-state index contributed by atoms with van der Waals surface area (Å²) in [5, 5.41) is 0. The Balaban J connectivity index is 3.48. The first kappa shape index (κ1) is 13.2. The van der Waals surface area contributed by atoms with Gasteiger partial charge in [-0.3, -0.25) is 0 Å². The summed E-state index contributed by atoms with van der Waals surface area (Å²) in [6.07, 6.45) is -4.24. The highest BCUT2D eigenvalue weighted by Gasteiger charge is 2.88. The molecular formula is C7H3F9. The molecule has 1 fully saturated rings. The Morgan fingerprint density at radius 1 is 0.812 bits per heavy atom. The van der Waals surface area contributed by atoms with Crippen molar-refractivity contribution in [3.63, 3.8) is 0 Å². The predicted octanol–water partition coefficient (Wildman–Crippen LogP) is 3.44. The summed E-state index contributed by atoms with van der Waals surface area (Å²) < 4.78 is 112. The van der Waals surface area contributed by atoms with Gasteiger partial charge in [-0.1, -0.05) is 6.58 Å². The second kappa shape index (κ2) is 2.86. The van der Waals surface area contributed by atoms with Gasteiger partial charge in [0.05, 0.1) is 0 Å². The van der Waals surface area contributed by atoms with E-state index in [0.29, 0.717) is 0 Å². The summed E-state index contributed by atoms with van der Waals surface area (Å²) >= 11 is 0. The lowest BCUT2D eigenvalue weighted by Crippen LogP contribution is -2.71. The van der Waals surface area contributed by atoms with Crippen molar-refractivity contribution in [3.8, 4) is 0 Å². The van der Waals surface area contributed by atoms with Gasteiger partial charge in [-0.15, -0.1) is 0 Å². The van der Waals surface area contributed by atoms with Crippen molar-refractivity contribution < 1.29 is 39.5 Å². The molecule has 0 aromatic heterocycles. The predicted molar refractivity (Wildman–Crippen MR) is 33.8 cm³/mol. The summed E-state index contributed by atoms with van der Waals surface area (Å²) in [6.45, 7) is 1.99. The van der Waals surface area contributed by atoms with Crippen LogP contribution < -0.4 is 0 Å². The second-order valence-corrected chi connectivity index (χ2v) is 3.23. The molecule has 94 valence electrons. The zero-order valence-corrected chi connectivity index (χ0v) is 7.19. The summed E-state index contributed by atoms with van der Waals surface area (Å²) in [5.74, 6) is -24.6. The maximum Gasteiger partial charge on any atom is 0.382 e. The molecular weight excluding hydrogens is 255 g/mol. The van der Waals surface area contributed by atoms with Gasteiger partial charge < -0.3 is 0 Å². The van der Waals surface area contributed by atoms with Gasteiger partial charge >= 0.3 is 23.7 Å². The Hall–Kier alpha value is -0.890. The van der Waals surface area contributed by atoms with Crippen LogP contribution in [0.2, 0.25) is 0 Å². The number of hydrogen-bond acceptors (Lipinski definition) is 0. The number of hydrogen-bond donors (Lipinski definition) is 0. The average Bonchev–Trinajstić information content (AvgIpc) is 2.12. The highest BCUT2D eigenvalue weighted by atomic mass is 19.4. The monoisotopic (exact) mass is 258 g/mol. The zero-order chi connectivity index (χ0) is 13.2. The minimum absolute atomic E-state index is 1.99. The lowest BCUT2D eigenvalue weighted by molar-refractivity contribution is -0.387. The second-order valence-electron chi connectivity index (χ2n) is 3.23. The summed E-state index contributed by atoms with van der Waals surface area (Å²) in [4.78, 5) is 0. The Morgan fingerprint density at radius 2 is 1.19 bits per heavy atom. The fourth-order valence-electron chi connectivity index (χ4n) is 1.15. The van der Waals surface area contributed by atoms with Gasteiger partial charge in [-0.2, -0.15) is 35.1 Å². The third kappa shape index (κ3) is 1.08. The molecule has 1 atom stereocenters. The smallest absolute Gasteiger partial charge is 0.235 e. The first-order valence-corrected chi connectivity index (χ1v) is 3.66. The number of rotatable bonds is 0. The molecule has 1 rings (SSSR count). The lowest BCUT2D eigenvalue weighted by Gasteiger charge is -2.44. The van der Waals surface area contributed by atoms with Crippen molar-refractivity contribution >= 4 is 0 Å². The van der Waals surface area contributed by atoms with Crippen LogP contribution in [-0.2, 0) is 0 Å². The van der Waals surface area contributed by atoms with Crippen LogP contribution in [0.25, 0.3) is 0 Å². The minimum Gasteiger partial charge on any atom is -0.235 e. The van der Waals surface area contributed by atoms with E-state index >= 15 is 0 Å². The van der Waals surface area contributed by atoms with Gasteiger partial charge in [-0.25, -0.2) is 4.39 Å². The van der Waals surface area contributed by atoms with Crippen LogP contribution in [0.1, 0.15) is 0 Å². The normalized spacial score (nSPS) is 34.8. The van der Waals surface area contributed by atoms with Crippen molar-refractivity contribution in [2.45, 2.75) is 29.9 Å². The van der Waals surface area contributed by atoms with Crippen LogP contribution in [0.5, 0.6) is 0 Å². The molecule has 0 amide bonds. The van der Waals surface area contributed by atoms with Gasteiger partial charge in [0.1, 0.15) is 0 Å². The van der Waals surface area contributed by atoms with E-state index in [1.54, 1.807) is 0 Å². The van der Waals surface area contributed by atoms with E-state index in [0.717, 1.165) is 0 Å². The van der Waals surface area contributed by atoms with Gasteiger partial charge in [-0.05, 0) is 0 Å². The average molecular weight is 258 g/mol. The van der Waals surface area contributed by atoms with E-state index in [1.165, 1.54) is 0 Å². The van der Waals surface area contributed by atoms with E-state index in [1.807, 2.05) is 6.58 Å². The minimum atomic E-state index is -6.50. The molecule has 0 N–H and O–H groups in total. The Bertz CT molecular complexity index is 329. The van der Waals surface area contributed by atoms with E-state index in [-0.39, 0.29) is 0 Å². The molecule has 1 aliphatic rings. The highest BCUT2D eigenvalue weighted by molar-refractivity contribution is 5.31. The molecule has 1 saturated carbocycles. The van der Waals surface area contributed by atoms with Gasteiger partial charge in [0, 0.05) is 5.57 Å². The molecule has 0 saturated heterocycles. The van der Waals surface area contributed by atoms with Crippen molar-refractivity contribution in [2.24, 2.45) is 0 Å². The molecule has 1 aliphatic carbocycles. The summed E-state index contributed by atoms with van der Waals surface area (Å²) in [7, 11) is 0. The molecule has 0 heterocycles. The Labute approximate surface area is 82.7 Å². The highest BCUT2D eigenvalue weighted by Crippen LogP contribution is 2.61. The third-order valence-electron chi connectivity index (χ3n) is 2.23. The van der Waals surface area contributed by atoms with Crippen LogP contribution in [0.3, 0.4) is 0 Å². The molecule has 0 nitrogen and oxygen atoms in total. The third-order valence-corrected chi connectivity index (χ3v) is 2.23. The molecule has 16 heavy (non-hydrogen) atoms. The molecule has 0 spiro atoms. The SMILES string of the molecule is C=C1C(F)C(F)(F)C(F)(F)C(F)(F)C1(F)F. The van der Waals surface area contributed by atoms with Crippen LogP contribution in [0.4, 0.5) is 39.5 Å². The fraction of sp³-hybridized carbons (Fsp3) is 0.714. The van der Waals surface area contributed by atoms with Gasteiger partial charge in [0.25, 0.3) is 0 Å². The number of allylic oxidation sites excluding steroid dienone is 1. The standard InChI is InChI=1S/C7H3F9/c1-2-3(8)5(11,12)7(15,16)6(13,14)4(2,9)10/h3H,1H2. The van der Waals surface area contributed by atoms with Crippen LogP contribution in [-0.4, -0.2) is 29.9 Å². The van der Waals surface area contributed by atoms with E-state index in [9.17, 15) is 39.5 Å².